The Balaban J connectivity index is 3.20. The predicted molar refractivity (Wildman–Crippen MR) is 45.6 cm³/mol. The van der Waals surface area contributed by atoms with Gasteiger partial charge in [-0.1, -0.05) is 20.4 Å². The number of hydrogen-bond acceptors (Lipinski definition) is 2. The Kier molecular flexibility index (Phi) is 5.03. The van der Waals surface area contributed by atoms with Gasteiger partial charge in [-0.05, 0) is 25.6 Å². The molecule has 2 heteroatoms. The van der Waals surface area contributed by atoms with Gasteiger partial charge in [0.1, 0.15) is 0 Å². The highest BCUT2D eigenvalue weighted by Crippen LogP contribution is 1.87. The first kappa shape index (κ1) is 9.50. The van der Waals surface area contributed by atoms with E-state index in [-0.39, 0.29) is 0 Å². The largest absolute Gasteiger partial charge is 0.377 e. The highest BCUT2D eigenvalue weighted by molar-refractivity contribution is 4.68. The lowest BCUT2D eigenvalue weighted by Crippen LogP contribution is -2.38. The Morgan fingerprint density at radius 1 is 1.40 bits per heavy atom. The van der Waals surface area contributed by atoms with Crippen LogP contribution in [0.5, 0.6) is 0 Å². The van der Waals surface area contributed by atoms with Crippen molar-refractivity contribution in [3.05, 3.63) is 12.8 Å². The Morgan fingerprint density at radius 2 is 2.00 bits per heavy atom. The smallest absolute Gasteiger partial charge is 0.0734 e. The topological polar surface area (TPSA) is 24.1 Å². The molecule has 1 atom stereocenters. The summed E-state index contributed by atoms with van der Waals surface area (Å²) < 4.78 is 0. The van der Waals surface area contributed by atoms with E-state index in [4.69, 9.17) is 0 Å². The summed E-state index contributed by atoms with van der Waals surface area (Å²) in [5, 5.41) is 6.35. The van der Waals surface area contributed by atoms with Gasteiger partial charge in [0.2, 0.25) is 0 Å². The summed E-state index contributed by atoms with van der Waals surface area (Å²) in [6, 6.07) is 0. The molecule has 10 heavy (non-hydrogen) atoms. The zero-order chi connectivity index (χ0) is 7.98. The number of rotatable bonds is 5. The van der Waals surface area contributed by atoms with Crippen molar-refractivity contribution in [2.75, 3.05) is 6.54 Å². The SMILES string of the molecule is C=CNC(C)NCC(C)C. The fraction of sp³-hybridized carbons (Fsp3) is 0.750. The van der Waals surface area contributed by atoms with Gasteiger partial charge in [0.25, 0.3) is 0 Å². The van der Waals surface area contributed by atoms with Crippen LogP contribution in [0, 0.1) is 5.92 Å². The van der Waals surface area contributed by atoms with Crippen LogP contribution in [-0.2, 0) is 0 Å². The van der Waals surface area contributed by atoms with Crippen LogP contribution in [0.2, 0.25) is 0 Å². The van der Waals surface area contributed by atoms with Crippen molar-refractivity contribution >= 4 is 0 Å². The van der Waals surface area contributed by atoms with Crippen molar-refractivity contribution in [2.45, 2.75) is 26.9 Å². The van der Waals surface area contributed by atoms with Crippen molar-refractivity contribution in [1.82, 2.24) is 10.6 Å². The average molecular weight is 142 g/mol. The Hall–Kier alpha value is -0.500. The molecular weight excluding hydrogens is 124 g/mol. The molecule has 0 aliphatic carbocycles. The predicted octanol–water partition coefficient (Wildman–Crippen LogP) is 1.31. The lowest BCUT2D eigenvalue weighted by molar-refractivity contribution is 0.457. The lowest BCUT2D eigenvalue weighted by atomic mass is 10.2. The van der Waals surface area contributed by atoms with Gasteiger partial charge in [-0.3, -0.25) is 5.32 Å². The second-order valence-electron chi connectivity index (χ2n) is 2.89. The normalized spacial score (nSPS) is 13.2. The molecule has 0 saturated carbocycles. The molecule has 0 aliphatic heterocycles. The van der Waals surface area contributed by atoms with Crippen LogP contribution in [0.4, 0.5) is 0 Å². The van der Waals surface area contributed by atoms with E-state index >= 15 is 0 Å². The average Bonchev–Trinajstić information content (AvgIpc) is 1.85. The van der Waals surface area contributed by atoms with Crippen molar-refractivity contribution in [2.24, 2.45) is 5.92 Å². The molecular formula is C8H18N2. The number of nitrogens with one attached hydrogen (secondary N) is 2. The molecule has 0 rings (SSSR count). The molecule has 0 fully saturated rings. The van der Waals surface area contributed by atoms with Gasteiger partial charge in [-0.15, -0.1) is 0 Å². The van der Waals surface area contributed by atoms with Gasteiger partial charge in [0, 0.05) is 0 Å². The van der Waals surface area contributed by atoms with Gasteiger partial charge < -0.3 is 5.32 Å². The van der Waals surface area contributed by atoms with Gasteiger partial charge in [0.15, 0.2) is 0 Å². The van der Waals surface area contributed by atoms with E-state index in [0.717, 1.165) is 6.54 Å². The summed E-state index contributed by atoms with van der Waals surface area (Å²) in [5.74, 6) is 0.703. The quantitative estimate of drug-likeness (QED) is 0.566. The van der Waals surface area contributed by atoms with Gasteiger partial charge >= 0.3 is 0 Å². The summed E-state index contributed by atoms with van der Waals surface area (Å²) in [4.78, 5) is 0. The Bertz CT molecular complexity index is 89.3. The maximum Gasteiger partial charge on any atom is 0.0734 e. The van der Waals surface area contributed by atoms with Crippen molar-refractivity contribution in [3.8, 4) is 0 Å². The molecule has 0 aromatic heterocycles. The van der Waals surface area contributed by atoms with Crippen LogP contribution in [0.1, 0.15) is 20.8 Å². The third-order valence-electron chi connectivity index (χ3n) is 1.20. The van der Waals surface area contributed by atoms with E-state index in [1.807, 2.05) is 0 Å². The van der Waals surface area contributed by atoms with E-state index in [0.29, 0.717) is 12.1 Å². The van der Waals surface area contributed by atoms with Crippen molar-refractivity contribution in [3.63, 3.8) is 0 Å². The molecule has 2 N–H and O–H groups in total. The first-order valence-corrected chi connectivity index (χ1v) is 3.77. The first-order valence-electron chi connectivity index (χ1n) is 3.77. The van der Waals surface area contributed by atoms with Gasteiger partial charge in [-0.25, -0.2) is 0 Å². The Morgan fingerprint density at radius 3 is 2.40 bits per heavy atom. The molecule has 0 heterocycles. The van der Waals surface area contributed by atoms with Crippen LogP contribution < -0.4 is 10.6 Å². The molecule has 0 saturated heterocycles. The van der Waals surface area contributed by atoms with Crippen LogP contribution in [0.15, 0.2) is 12.8 Å². The van der Waals surface area contributed by atoms with Crippen LogP contribution in [-0.4, -0.2) is 12.7 Å². The molecule has 0 aromatic carbocycles. The fourth-order valence-corrected chi connectivity index (χ4v) is 0.648. The third kappa shape index (κ3) is 5.63. The second kappa shape index (κ2) is 5.30. The second-order valence-corrected chi connectivity index (χ2v) is 2.89. The van der Waals surface area contributed by atoms with Crippen LogP contribution in [0.3, 0.4) is 0 Å². The highest BCUT2D eigenvalue weighted by atomic mass is 15.1. The van der Waals surface area contributed by atoms with E-state index in [9.17, 15) is 0 Å². The third-order valence-corrected chi connectivity index (χ3v) is 1.20. The minimum Gasteiger partial charge on any atom is -0.377 e. The maximum atomic E-state index is 3.58. The summed E-state index contributed by atoms with van der Waals surface area (Å²) in [7, 11) is 0. The molecule has 0 radical (unpaired) electrons. The molecule has 0 amide bonds. The molecule has 0 spiro atoms. The summed E-state index contributed by atoms with van der Waals surface area (Å²) in [6.45, 7) is 11.1. The molecule has 0 aromatic rings. The zero-order valence-corrected chi connectivity index (χ0v) is 7.15. The number of hydrogen-bond donors (Lipinski definition) is 2. The molecule has 1 unspecified atom stereocenters. The first-order chi connectivity index (χ1) is 4.66. The maximum absolute atomic E-state index is 3.58. The molecule has 2 nitrogen and oxygen atoms in total. The monoisotopic (exact) mass is 142 g/mol. The zero-order valence-electron chi connectivity index (χ0n) is 7.15. The lowest BCUT2D eigenvalue weighted by Gasteiger charge is -2.14. The molecule has 0 bridgehead atoms. The molecule has 0 aliphatic rings. The standard InChI is InChI=1S/C8H18N2/c1-5-9-8(4)10-6-7(2)3/h5,7-10H,1,6H2,2-4H3. The summed E-state index contributed by atoms with van der Waals surface area (Å²) in [6.07, 6.45) is 2.04. The van der Waals surface area contributed by atoms with Gasteiger partial charge in [0.05, 0.1) is 6.17 Å². The Labute approximate surface area is 63.7 Å². The fourth-order valence-electron chi connectivity index (χ4n) is 0.648. The molecule has 60 valence electrons. The van der Waals surface area contributed by atoms with E-state index in [2.05, 4.69) is 38.0 Å². The van der Waals surface area contributed by atoms with Crippen molar-refractivity contribution in [1.29, 1.82) is 0 Å². The van der Waals surface area contributed by atoms with Gasteiger partial charge in [-0.2, -0.15) is 0 Å². The highest BCUT2D eigenvalue weighted by Gasteiger charge is 1.97. The summed E-state index contributed by atoms with van der Waals surface area (Å²) in [5.41, 5.74) is 0. The van der Waals surface area contributed by atoms with E-state index in [1.165, 1.54) is 0 Å². The van der Waals surface area contributed by atoms with E-state index in [1.54, 1.807) is 6.20 Å². The minimum absolute atomic E-state index is 0.333. The van der Waals surface area contributed by atoms with E-state index < -0.39 is 0 Å². The summed E-state index contributed by atoms with van der Waals surface area (Å²) >= 11 is 0. The van der Waals surface area contributed by atoms with Crippen LogP contribution >= 0.6 is 0 Å². The van der Waals surface area contributed by atoms with Crippen molar-refractivity contribution < 1.29 is 0 Å². The van der Waals surface area contributed by atoms with Crippen LogP contribution in [0.25, 0.3) is 0 Å². The minimum atomic E-state index is 0.333.